The molecule has 0 aliphatic rings. The van der Waals surface area contributed by atoms with Crippen LogP contribution < -0.4 is 4.74 Å². The molecule has 4 aromatic carbocycles. The van der Waals surface area contributed by atoms with E-state index in [1.165, 1.54) is 27.4 Å². The third kappa shape index (κ3) is 5.98. The molecule has 0 fully saturated rings. The van der Waals surface area contributed by atoms with Crippen LogP contribution in [0.5, 0.6) is 11.5 Å². The first-order valence-corrected chi connectivity index (χ1v) is 16.4. The molecule has 248 valence electrons. The fourth-order valence-electron chi connectivity index (χ4n) is 6.47. The number of fused-ring (bicyclic) bond motifs is 4. The normalized spacial score (nSPS) is 12.5. The second-order valence-electron chi connectivity index (χ2n) is 15.5. The van der Waals surface area contributed by atoms with Gasteiger partial charge in [-0.1, -0.05) is 76.7 Å². The second-order valence-corrected chi connectivity index (χ2v) is 15.5. The molecule has 0 N–H and O–H groups in total. The molecule has 6 heteroatoms. The zero-order valence-corrected chi connectivity index (χ0v) is 31.5. The van der Waals surface area contributed by atoms with E-state index in [-0.39, 0.29) is 37.4 Å². The standard InChI is InChI=1S/C42H43N4O.Pt/c1-40(2,3)28-21-22-43-38(23-28)46-34-18-11-10-17-32(34)39-33(41(4,5)6)25-31(26-37(39)46)47-30-16-14-15-29(24-30)44-27-45(42(7,8)9)36-20-13-12-19-35(36)44;/h10-23,25,27H,1-9H3;/q-1;. The molecule has 0 amide bonds. The van der Waals surface area contributed by atoms with Gasteiger partial charge in [0, 0.05) is 62.1 Å². The Bertz CT molecular complexity index is 2290. The fraction of sp³-hybridized carbons (Fsp3) is 0.286. The van der Waals surface area contributed by atoms with Crippen LogP contribution in [-0.2, 0) is 37.4 Å². The van der Waals surface area contributed by atoms with Gasteiger partial charge in [0.1, 0.15) is 5.82 Å². The van der Waals surface area contributed by atoms with Crippen molar-refractivity contribution in [2.75, 3.05) is 0 Å². The molecule has 0 aliphatic carbocycles. The summed E-state index contributed by atoms with van der Waals surface area (Å²) in [7, 11) is 0. The summed E-state index contributed by atoms with van der Waals surface area (Å²) < 4.78 is 13.4. The number of hydrogen-bond donors (Lipinski definition) is 0. The van der Waals surface area contributed by atoms with Crippen LogP contribution in [0.25, 0.3) is 44.3 Å². The first kappa shape index (κ1) is 33.7. The number of benzene rings is 4. The number of hydrogen-bond acceptors (Lipinski definition) is 2. The van der Waals surface area contributed by atoms with Gasteiger partial charge in [-0.3, -0.25) is 0 Å². The van der Waals surface area contributed by atoms with Gasteiger partial charge in [0.15, 0.2) is 17.4 Å². The van der Waals surface area contributed by atoms with Crippen LogP contribution in [0.1, 0.15) is 73.4 Å². The molecule has 3 aromatic heterocycles. The summed E-state index contributed by atoms with van der Waals surface area (Å²) >= 11 is 0. The Morgan fingerprint density at radius 3 is 2.06 bits per heavy atom. The van der Waals surface area contributed by atoms with E-state index in [1.54, 1.807) is 0 Å². The van der Waals surface area contributed by atoms with Crippen LogP contribution in [0.4, 0.5) is 0 Å². The molecule has 0 radical (unpaired) electrons. The molecule has 0 bridgehead atoms. The van der Waals surface area contributed by atoms with Gasteiger partial charge in [-0.25, -0.2) is 14.1 Å². The maximum atomic E-state index is 6.67. The molecule has 7 rings (SSSR count). The molecular formula is C42H43N4OPt-. The Hall–Kier alpha value is -4.21. The summed E-state index contributed by atoms with van der Waals surface area (Å²) in [5.41, 5.74) is 7.43. The minimum Gasteiger partial charge on any atom is -0.508 e. The molecule has 3 heterocycles. The minimum absolute atomic E-state index is 0. The Morgan fingerprint density at radius 2 is 1.38 bits per heavy atom. The Balaban J connectivity index is 0.00000401. The van der Waals surface area contributed by atoms with Gasteiger partial charge in [-0.05, 0) is 72.9 Å². The molecule has 0 atom stereocenters. The van der Waals surface area contributed by atoms with E-state index in [9.17, 15) is 0 Å². The SMILES string of the molecule is CC(C)(C)c1ccnc(-n2c3[c-]c(Oc4[c-]c(-n5[cH+]n(C(C)(C)C)c6ccccc65)ccc4)cc(C(C)(C)C)c3c3ccccc32)c1.[Pt]. The van der Waals surface area contributed by atoms with E-state index >= 15 is 0 Å². The first-order chi connectivity index (χ1) is 22.2. The number of rotatable bonds is 4. The third-order valence-electron chi connectivity index (χ3n) is 8.90. The molecule has 0 saturated heterocycles. The predicted molar refractivity (Wildman–Crippen MR) is 194 cm³/mol. The molecular weight excluding hydrogens is 772 g/mol. The van der Waals surface area contributed by atoms with Gasteiger partial charge >= 0.3 is 0 Å². The van der Waals surface area contributed by atoms with Crippen LogP contribution in [0, 0.1) is 12.1 Å². The molecule has 48 heavy (non-hydrogen) atoms. The molecule has 0 unspecified atom stereocenters. The van der Waals surface area contributed by atoms with E-state index in [0.717, 1.165) is 28.1 Å². The van der Waals surface area contributed by atoms with Crippen LogP contribution in [0.2, 0.25) is 0 Å². The number of nitrogens with zero attached hydrogens (tertiary/aromatic N) is 4. The van der Waals surface area contributed by atoms with Gasteiger partial charge in [0.2, 0.25) is 0 Å². The van der Waals surface area contributed by atoms with Crippen molar-refractivity contribution in [2.24, 2.45) is 0 Å². The second kappa shape index (κ2) is 12.0. The van der Waals surface area contributed by atoms with Crippen LogP contribution in [0.3, 0.4) is 0 Å². The maximum Gasteiger partial charge on any atom is 0.188 e. The number of ether oxygens (including phenoxy) is 1. The van der Waals surface area contributed by atoms with E-state index in [2.05, 4.69) is 167 Å². The summed E-state index contributed by atoms with van der Waals surface area (Å²) in [6.07, 6.45) is 4.07. The van der Waals surface area contributed by atoms with Crippen molar-refractivity contribution in [2.45, 2.75) is 78.7 Å². The van der Waals surface area contributed by atoms with Crippen molar-refractivity contribution in [3.8, 4) is 23.0 Å². The molecule has 7 aromatic rings. The number of pyridine rings is 1. The quantitative estimate of drug-likeness (QED) is 0.166. The summed E-state index contributed by atoms with van der Waals surface area (Å²) in [5, 5.41) is 2.35. The Labute approximate surface area is 298 Å². The zero-order chi connectivity index (χ0) is 33.3. The summed E-state index contributed by atoms with van der Waals surface area (Å²) in [6, 6.07) is 36.8. The monoisotopic (exact) mass is 814 g/mol. The van der Waals surface area contributed by atoms with Crippen molar-refractivity contribution in [1.29, 1.82) is 0 Å². The summed E-state index contributed by atoms with van der Waals surface area (Å²) in [6.45, 7) is 20.1. The predicted octanol–water partition coefficient (Wildman–Crippen LogP) is 10.9. The van der Waals surface area contributed by atoms with Crippen LogP contribution >= 0.6 is 0 Å². The Kier molecular flexibility index (Phi) is 8.45. The maximum absolute atomic E-state index is 6.67. The van der Waals surface area contributed by atoms with Crippen LogP contribution in [0.15, 0.2) is 97.5 Å². The van der Waals surface area contributed by atoms with Gasteiger partial charge < -0.3 is 9.30 Å². The van der Waals surface area contributed by atoms with Gasteiger partial charge in [0.05, 0.1) is 5.54 Å². The molecule has 0 saturated carbocycles. The average Bonchev–Trinajstić information content (AvgIpc) is 3.57. The Morgan fingerprint density at radius 1 is 0.688 bits per heavy atom. The van der Waals surface area contributed by atoms with E-state index in [0.29, 0.717) is 11.5 Å². The van der Waals surface area contributed by atoms with Crippen molar-refractivity contribution < 1.29 is 25.8 Å². The largest absolute Gasteiger partial charge is 0.508 e. The van der Waals surface area contributed by atoms with Crippen LogP contribution in [-0.4, -0.2) is 18.7 Å². The third-order valence-corrected chi connectivity index (χ3v) is 8.90. The number of aromatic nitrogens is 4. The minimum atomic E-state index is -0.155. The zero-order valence-electron chi connectivity index (χ0n) is 29.3. The van der Waals surface area contributed by atoms with Gasteiger partial charge in [-0.2, -0.15) is 6.07 Å². The number of para-hydroxylation sites is 3. The first-order valence-electron chi connectivity index (χ1n) is 16.4. The van der Waals surface area contributed by atoms with Crippen molar-refractivity contribution >= 4 is 32.8 Å². The average molecular weight is 815 g/mol. The smallest absolute Gasteiger partial charge is 0.188 e. The molecule has 0 spiro atoms. The van der Waals surface area contributed by atoms with Crippen molar-refractivity contribution in [3.63, 3.8) is 0 Å². The van der Waals surface area contributed by atoms with Crippen molar-refractivity contribution in [3.05, 3.63) is 121 Å². The fourth-order valence-corrected chi connectivity index (χ4v) is 6.47. The van der Waals surface area contributed by atoms with E-state index in [4.69, 9.17) is 9.72 Å². The summed E-state index contributed by atoms with van der Waals surface area (Å²) in [5.74, 6) is 2.15. The van der Waals surface area contributed by atoms with E-state index in [1.807, 2.05) is 18.3 Å². The van der Waals surface area contributed by atoms with Gasteiger partial charge in [0.25, 0.3) is 0 Å². The number of imidazole rings is 1. The van der Waals surface area contributed by atoms with Crippen molar-refractivity contribution in [1.82, 2.24) is 18.7 Å². The van der Waals surface area contributed by atoms with E-state index < -0.39 is 0 Å². The topological polar surface area (TPSA) is 36.9 Å². The molecule has 5 nitrogen and oxygen atoms in total. The molecule has 0 aliphatic heterocycles. The van der Waals surface area contributed by atoms with Gasteiger partial charge in [-0.15, -0.1) is 29.8 Å². The summed E-state index contributed by atoms with van der Waals surface area (Å²) in [4.78, 5) is 4.88.